The maximum Gasteiger partial charge on any atom is 0.321 e. The van der Waals surface area contributed by atoms with E-state index in [1.165, 1.54) is 11.0 Å². The van der Waals surface area contributed by atoms with Gasteiger partial charge >= 0.3 is 6.03 Å². The van der Waals surface area contributed by atoms with Crippen LogP contribution in [0.4, 0.5) is 19.3 Å². The summed E-state index contributed by atoms with van der Waals surface area (Å²) in [4.78, 5) is 13.5. The van der Waals surface area contributed by atoms with E-state index in [0.29, 0.717) is 25.9 Å². The number of rotatable bonds is 3. The Morgan fingerprint density at radius 2 is 1.86 bits per heavy atom. The highest BCUT2D eigenvalue weighted by molar-refractivity contribution is 7.88. The van der Waals surface area contributed by atoms with Crippen molar-refractivity contribution in [2.75, 3.05) is 24.7 Å². The van der Waals surface area contributed by atoms with Gasteiger partial charge in [-0.25, -0.2) is 26.7 Å². The fourth-order valence-corrected chi connectivity index (χ4v) is 3.12. The Morgan fingerprint density at radius 3 is 2.41 bits per heavy atom. The van der Waals surface area contributed by atoms with Crippen LogP contribution in [0.3, 0.4) is 0 Å². The van der Waals surface area contributed by atoms with Crippen LogP contribution in [-0.4, -0.2) is 44.7 Å². The lowest BCUT2D eigenvalue weighted by molar-refractivity contribution is 0.193. The number of amides is 2. The number of benzene rings is 1. The minimum atomic E-state index is -3.27. The molecule has 1 heterocycles. The summed E-state index contributed by atoms with van der Waals surface area (Å²) in [6, 6.07) is 2.50. The lowest BCUT2D eigenvalue weighted by Gasteiger charge is -2.32. The molecule has 2 rings (SSSR count). The highest BCUT2D eigenvalue weighted by Crippen LogP contribution is 2.16. The van der Waals surface area contributed by atoms with Gasteiger partial charge in [-0.1, -0.05) is 0 Å². The van der Waals surface area contributed by atoms with Gasteiger partial charge in [-0.15, -0.1) is 0 Å². The van der Waals surface area contributed by atoms with Gasteiger partial charge in [-0.05, 0) is 25.0 Å². The van der Waals surface area contributed by atoms with E-state index < -0.39 is 27.7 Å². The summed E-state index contributed by atoms with van der Waals surface area (Å²) in [6.07, 6.45) is 2.09. The molecule has 0 saturated carbocycles. The topological polar surface area (TPSA) is 78.5 Å². The van der Waals surface area contributed by atoms with Crippen molar-refractivity contribution in [3.05, 3.63) is 29.8 Å². The Kier molecular flexibility index (Phi) is 4.97. The summed E-state index contributed by atoms with van der Waals surface area (Å²) in [6.45, 7) is 0.755. The Labute approximate surface area is 127 Å². The van der Waals surface area contributed by atoms with Crippen molar-refractivity contribution in [1.82, 2.24) is 9.62 Å². The van der Waals surface area contributed by atoms with Crippen LogP contribution in [0.5, 0.6) is 0 Å². The quantitative estimate of drug-likeness (QED) is 0.880. The first kappa shape index (κ1) is 16.6. The molecule has 0 bridgehead atoms. The van der Waals surface area contributed by atoms with E-state index >= 15 is 0 Å². The third-order valence-electron chi connectivity index (χ3n) is 3.33. The van der Waals surface area contributed by atoms with Crippen LogP contribution in [0.25, 0.3) is 0 Å². The minimum Gasteiger partial charge on any atom is -0.324 e. The first-order valence-corrected chi connectivity index (χ1v) is 8.62. The number of likely N-dealkylation sites (tertiary alicyclic amines) is 1. The number of piperidine rings is 1. The molecule has 0 radical (unpaired) electrons. The number of hydrogen-bond donors (Lipinski definition) is 2. The second-order valence-corrected chi connectivity index (χ2v) is 6.99. The van der Waals surface area contributed by atoms with Gasteiger partial charge in [0.1, 0.15) is 0 Å². The Balaban J connectivity index is 1.88. The van der Waals surface area contributed by atoms with Crippen LogP contribution in [0.1, 0.15) is 12.8 Å². The largest absolute Gasteiger partial charge is 0.324 e. The van der Waals surface area contributed by atoms with Crippen LogP contribution < -0.4 is 10.0 Å². The van der Waals surface area contributed by atoms with Crippen molar-refractivity contribution in [1.29, 1.82) is 0 Å². The molecule has 6 nitrogen and oxygen atoms in total. The summed E-state index contributed by atoms with van der Waals surface area (Å²) >= 11 is 0. The summed E-state index contributed by atoms with van der Waals surface area (Å²) in [5, 5.41) is 2.48. The second-order valence-electron chi connectivity index (χ2n) is 5.21. The van der Waals surface area contributed by atoms with Gasteiger partial charge in [0.2, 0.25) is 10.0 Å². The molecular formula is C13H17F2N3O3S. The molecule has 0 spiro atoms. The smallest absolute Gasteiger partial charge is 0.321 e. The monoisotopic (exact) mass is 333 g/mol. The predicted molar refractivity (Wildman–Crippen MR) is 78.0 cm³/mol. The van der Waals surface area contributed by atoms with Crippen molar-refractivity contribution in [2.45, 2.75) is 18.9 Å². The van der Waals surface area contributed by atoms with Crippen molar-refractivity contribution < 1.29 is 22.0 Å². The van der Waals surface area contributed by atoms with Crippen molar-refractivity contribution in [3.63, 3.8) is 0 Å². The number of nitrogens with zero attached hydrogens (tertiary/aromatic N) is 1. The molecule has 1 aliphatic heterocycles. The second kappa shape index (κ2) is 6.57. The average molecular weight is 333 g/mol. The number of hydrogen-bond acceptors (Lipinski definition) is 3. The van der Waals surface area contributed by atoms with E-state index in [4.69, 9.17) is 0 Å². The number of nitrogens with one attached hydrogen (secondary N) is 2. The maximum absolute atomic E-state index is 13.1. The minimum absolute atomic E-state index is 0.167. The van der Waals surface area contributed by atoms with Gasteiger partial charge in [0.15, 0.2) is 11.6 Å². The van der Waals surface area contributed by atoms with Gasteiger partial charge in [0, 0.05) is 30.9 Å². The highest BCUT2D eigenvalue weighted by atomic mass is 32.2. The highest BCUT2D eigenvalue weighted by Gasteiger charge is 2.24. The third-order valence-corrected chi connectivity index (χ3v) is 4.10. The van der Waals surface area contributed by atoms with E-state index in [1.54, 1.807) is 0 Å². The van der Waals surface area contributed by atoms with Crippen molar-refractivity contribution >= 4 is 21.7 Å². The molecule has 1 saturated heterocycles. The molecule has 22 heavy (non-hydrogen) atoms. The van der Waals surface area contributed by atoms with E-state index in [9.17, 15) is 22.0 Å². The van der Waals surface area contributed by atoms with Gasteiger partial charge in [0.05, 0.1) is 6.26 Å². The van der Waals surface area contributed by atoms with Crippen LogP contribution in [0, 0.1) is 11.6 Å². The molecule has 0 atom stereocenters. The van der Waals surface area contributed by atoms with E-state index in [0.717, 1.165) is 18.4 Å². The fourth-order valence-electron chi connectivity index (χ4n) is 2.28. The van der Waals surface area contributed by atoms with Crippen LogP contribution >= 0.6 is 0 Å². The SMILES string of the molecule is CS(=O)(=O)NC1CCN(C(=O)Nc2ccc(F)c(F)c2)CC1. The number of urea groups is 1. The zero-order chi connectivity index (χ0) is 16.3. The first-order valence-electron chi connectivity index (χ1n) is 6.73. The molecular weight excluding hydrogens is 316 g/mol. The maximum atomic E-state index is 13.1. The van der Waals surface area contributed by atoms with E-state index in [2.05, 4.69) is 10.0 Å². The van der Waals surface area contributed by atoms with Gasteiger partial charge in [0.25, 0.3) is 0 Å². The third kappa shape index (κ3) is 4.63. The summed E-state index contributed by atoms with van der Waals surface area (Å²) in [7, 11) is -3.27. The van der Waals surface area contributed by atoms with Gasteiger partial charge < -0.3 is 10.2 Å². The molecule has 1 fully saturated rings. The van der Waals surface area contributed by atoms with Crippen LogP contribution in [-0.2, 0) is 10.0 Å². The van der Waals surface area contributed by atoms with Crippen LogP contribution in [0.15, 0.2) is 18.2 Å². The Bertz CT molecular complexity index is 658. The molecule has 2 amide bonds. The normalized spacial score (nSPS) is 16.6. The number of sulfonamides is 1. The summed E-state index contributed by atoms with van der Waals surface area (Å²) < 4.78 is 50.7. The molecule has 1 aromatic rings. The molecule has 0 unspecified atom stereocenters. The Hall–Kier alpha value is -1.74. The van der Waals surface area contributed by atoms with Crippen molar-refractivity contribution in [3.8, 4) is 0 Å². The zero-order valence-electron chi connectivity index (χ0n) is 12.0. The number of anilines is 1. The molecule has 1 aliphatic rings. The summed E-state index contributed by atoms with van der Waals surface area (Å²) in [5.41, 5.74) is 0.167. The molecule has 9 heteroatoms. The van der Waals surface area contributed by atoms with E-state index in [-0.39, 0.29) is 11.7 Å². The molecule has 122 valence electrons. The lowest BCUT2D eigenvalue weighted by atomic mass is 10.1. The number of halogens is 2. The fraction of sp³-hybridized carbons (Fsp3) is 0.462. The molecule has 1 aromatic carbocycles. The molecule has 2 N–H and O–H groups in total. The summed E-state index contributed by atoms with van der Waals surface area (Å²) in [5.74, 6) is -2.01. The predicted octanol–water partition coefficient (Wildman–Crippen LogP) is 1.51. The van der Waals surface area contributed by atoms with E-state index in [1.807, 2.05) is 0 Å². The van der Waals surface area contributed by atoms with Crippen molar-refractivity contribution in [2.24, 2.45) is 0 Å². The zero-order valence-corrected chi connectivity index (χ0v) is 12.8. The van der Waals surface area contributed by atoms with Gasteiger partial charge in [-0.3, -0.25) is 0 Å². The average Bonchev–Trinajstić information content (AvgIpc) is 2.42. The van der Waals surface area contributed by atoms with Crippen LogP contribution in [0.2, 0.25) is 0 Å². The lowest BCUT2D eigenvalue weighted by Crippen LogP contribution is -2.47. The first-order chi connectivity index (χ1) is 10.2. The number of carbonyl (C=O) groups is 1. The molecule has 0 aliphatic carbocycles. The van der Waals surface area contributed by atoms with Gasteiger partial charge in [-0.2, -0.15) is 0 Å². The number of carbonyl (C=O) groups excluding carboxylic acids is 1. The Morgan fingerprint density at radius 1 is 1.23 bits per heavy atom. The standard InChI is InChI=1S/C13H17F2N3O3S/c1-22(20,21)17-9-4-6-18(7-5-9)13(19)16-10-2-3-11(14)12(15)8-10/h2-3,8-9,17H,4-7H2,1H3,(H,16,19). The molecule has 0 aromatic heterocycles.